The van der Waals surface area contributed by atoms with E-state index in [1.54, 1.807) is 31.3 Å². The van der Waals surface area contributed by atoms with Gasteiger partial charge in [-0.3, -0.25) is 9.63 Å². The van der Waals surface area contributed by atoms with Crippen LogP contribution in [0.3, 0.4) is 0 Å². The molecule has 1 amide bonds. The number of nitrogens with zero attached hydrogens (tertiary/aromatic N) is 1. The average Bonchev–Trinajstić information content (AvgIpc) is 2.35. The van der Waals surface area contributed by atoms with Crippen LogP contribution in [0.4, 0.5) is 0 Å². The normalized spacial score (nSPS) is 10.4. The summed E-state index contributed by atoms with van der Waals surface area (Å²) in [4.78, 5) is 16.5. The van der Waals surface area contributed by atoms with E-state index in [0.717, 1.165) is 5.75 Å². The molecule has 0 atom stereocenters. The van der Waals surface area contributed by atoms with Gasteiger partial charge in [0.05, 0.1) is 13.7 Å². The highest BCUT2D eigenvalue weighted by atomic mass is 16.7. The third kappa shape index (κ3) is 4.07. The van der Waals surface area contributed by atoms with Crippen molar-refractivity contribution in [2.75, 3.05) is 20.8 Å². The summed E-state index contributed by atoms with van der Waals surface area (Å²) in [5.74, 6) is 1.08. The molecule has 4 heteroatoms. The molecule has 0 fully saturated rings. The van der Waals surface area contributed by atoms with E-state index in [2.05, 4.69) is 13.8 Å². The van der Waals surface area contributed by atoms with Gasteiger partial charge in [0.25, 0.3) is 5.91 Å². The Morgan fingerprint density at radius 2 is 1.88 bits per heavy atom. The summed E-state index contributed by atoms with van der Waals surface area (Å²) in [6.07, 6.45) is 0. The monoisotopic (exact) mass is 237 g/mol. The van der Waals surface area contributed by atoms with Crippen molar-refractivity contribution in [2.45, 2.75) is 13.8 Å². The van der Waals surface area contributed by atoms with Crippen LogP contribution in [0.15, 0.2) is 24.3 Å². The average molecular weight is 237 g/mol. The minimum absolute atomic E-state index is 0.178. The zero-order valence-electron chi connectivity index (χ0n) is 10.8. The first kappa shape index (κ1) is 13.5. The van der Waals surface area contributed by atoms with Crippen LogP contribution in [0.5, 0.6) is 5.75 Å². The van der Waals surface area contributed by atoms with Gasteiger partial charge >= 0.3 is 0 Å². The van der Waals surface area contributed by atoms with Crippen LogP contribution in [-0.2, 0) is 4.84 Å². The van der Waals surface area contributed by atoms with Gasteiger partial charge in [0, 0.05) is 12.6 Å². The molecule has 1 rings (SSSR count). The number of carbonyl (C=O) groups is 1. The molecule has 0 radical (unpaired) electrons. The third-order valence-corrected chi connectivity index (χ3v) is 2.24. The number of benzene rings is 1. The summed E-state index contributed by atoms with van der Waals surface area (Å²) in [5, 5.41) is 1.18. The van der Waals surface area contributed by atoms with Crippen molar-refractivity contribution < 1.29 is 14.4 Å². The van der Waals surface area contributed by atoms with Crippen molar-refractivity contribution in [1.29, 1.82) is 0 Å². The van der Waals surface area contributed by atoms with Crippen molar-refractivity contribution in [3.8, 4) is 5.75 Å². The van der Waals surface area contributed by atoms with Crippen molar-refractivity contribution in [2.24, 2.45) is 5.92 Å². The lowest BCUT2D eigenvalue weighted by Gasteiger charge is -2.14. The molecule has 1 aromatic rings. The summed E-state index contributed by atoms with van der Waals surface area (Å²) in [7, 11) is 3.03. The molecule has 0 saturated heterocycles. The molecular formula is C13H19NO3. The van der Waals surface area contributed by atoms with Crippen LogP contribution in [0.25, 0.3) is 0 Å². The van der Waals surface area contributed by atoms with Crippen LogP contribution < -0.4 is 4.74 Å². The van der Waals surface area contributed by atoms with E-state index in [1.807, 2.05) is 0 Å². The highest BCUT2D eigenvalue weighted by Gasteiger charge is 2.10. The van der Waals surface area contributed by atoms with Crippen LogP contribution in [0, 0.1) is 5.92 Å². The predicted molar refractivity (Wildman–Crippen MR) is 65.9 cm³/mol. The first-order chi connectivity index (χ1) is 8.04. The number of carbonyl (C=O) groups excluding carboxylic acids is 1. The summed E-state index contributed by atoms with van der Waals surface area (Å²) in [6, 6.07) is 7.04. The topological polar surface area (TPSA) is 38.8 Å². The van der Waals surface area contributed by atoms with Gasteiger partial charge in [-0.1, -0.05) is 13.8 Å². The van der Waals surface area contributed by atoms with E-state index in [9.17, 15) is 4.79 Å². The van der Waals surface area contributed by atoms with Crippen LogP contribution in [0.1, 0.15) is 24.2 Å². The Hall–Kier alpha value is -1.55. The van der Waals surface area contributed by atoms with Gasteiger partial charge in [0.15, 0.2) is 0 Å². The highest BCUT2D eigenvalue weighted by Crippen LogP contribution is 2.14. The maximum atomic E-state index is 11.7. The van der Waals surface area contributed by atoms with Gasteiger partial charge in [0.2, 0.25) is 0 Å². The second-order valence-corrected chi connectivity index (χ2v) is 4.21. The van der Waals surface area contributed by atoms with Gasteiger partial charge in [-0.2, -0.15) is 0 Å². The molecule has 94 valence electrons. The Labute approximate surface area is 102 Å². The molecule has 1 aromatic carbocycles. The molecular weight excluding hydrogens is 218 g/mol. The SMILES string of the molecule is CON(C)C(=O)c1ccc(OCC(C)C)cc1. The summed E-state index contributed by atoms with van der Waals surface area (Å²) < 4.78 is 5.53. The largest absolute Gasteiger partial charge is 0.493 e. The number of hydroxylamine groups is 2. The predicted octanol–water partition coefficient (Wildman–Crippen LogP) is 2.35. The molecule has 0 aromatic heterocycles. The first-order valence-electron chi connectivity index (χ1n) is 5.59. The lowest BCUT2D eigenvalue weighted by atomic mass is 10.2. The number of amides is 1. The van der Waals surface area contributed by atoms with E-state index >= 15 is 0 Å². The second kappa shape index (κ2) is 6.25. The lowest BCUT2D eigenvalue weighted by Crippen LogP contribution is -2.25. The number of hydrogen-bond acceptors (Lipinski definition) is 3. The first-order valence-corrected chi connectivity index (χ1v) is 5.59. The molecule has 0 spiro atoms. The number of ether oxygens (including phenoxy) is 1. The van der Waals surface area contributed by atoms with E-state index in [1.165, 1.54) is 12.2 Å². The molecule has 0 unspecified atom stereocenters. The second-order valence-electron chi connectivity index (χ2n) is 4.21. The van der Waals surface area contributed by atoms with Gasteiger partial charge < -0.3 is 4.74 Å². The van der Waals surface area contributed by atoms with Crippen molar-refractivity contribution in [3.05, 3.63) is 29.8 Å². The number of rotatable bonds is 5. The van der Waals surface area contributed by atoms with Gasteiger partial charge in [-0.05, 0) is 30.2 Å². The standard InChI is InChI=1S/C13H19NO3/c1-10(2)9-17-12-7-5-11(6-8-12)13(15)14(3)16-4/h5-8,10H,9H2,1-4H3. The summed E-state index contributed by atoms with van der Waals surface area (Å²) >= 11 is 0. The fourth-order valence-corrected chi connectivity index (χ4v) is 1.22. The van der Waals surface area contributed by atoms with E-state index in [0.29, 0.717) is 18.1 Å². The van der Waals surface area contributed by atoms with Gasteiger partial charge in [-0.15, -0.1) is 0 Å². The lowest BCUT2D eigenvalue weighted by molar-refractivity contribution is -0.0757. The van der Waals surface area contributed by atoms with E-state index in [4.69, 9.17) is 9.57 Å². The molecule has 0 bridgehead atoms. The molecule has 0 heterocycles. The van der Waals surface area contributed by atoms with Crippen LogP contribution in [0.2, 0.25) is 0 Å². The molecule has 0 saturated carbocycles. The minimum atomic E-state index is -0.178. The molecule has 0 aliphatic heterocycles. The maximum Gasteiger partial charge on any atom is 0.277 e. The van der Waals surface area contributed by atoms with E-state index < -0.39 is 0 Å². The Balaban J connectivity index is 2.64. The van der Waals surface area contributed by atoms with Crippen LogP contribution in [-0.4, -0.2) is 31.7 Å². The Bertz CT molecular complexity index is 359. The quantitative estimate of drug-likeness (QED) is 0.738. The molecule has 0 aliphatic carbocycles. The van der Waals surface area contributed by atoms with Crippen molar-refractivity contribution >= 4 is 5.91 Å². The summed E-state index contributed by atoms with van der Waals surface area (Å²) in [6.45, 7) is 4.85. The van der Waals surface area contributed by atoms with Crippen molar-refractivity contribution in [3.63, 3.8) is 0 Å². The van der Waals surface area contributed by atoms with Gasteiger partial charge in [0.1, 0.15) is 5.75 Å². The highest BCUT2D eigenvalue weighted by molar-refractivity contribution is 5.93. The zero-order valence-corrected chi connectivity index (χ0v) is 10.8. The van der Waals surface area contributed by atoms with E-state index in [-0.39, 0.29) is 5.91 Å². The molecule has 0 aliphatic rings. The Morgan fingerprint density at radius 3 is 2.35 bits per heavy atom. The fourth-order valence-electron chi connectivity index (χ4n) is 1.22. The summed E-state index contributed by atoms with van der Waals surface area (Å²) in [5.41, 5.74) is 0.575. The smallest absolute Gasteiger partial charge is 0.277 e. The Kier molecular flexibility index (Phi) is 4.97. The molecule has 0 N–H and O–H groups in total. The maximum absolute atomic E-state index is 11.7. The molecule has 4 nitrogen and oxygen atoms in total. The molecule has 17 heavy (non-hydrogen) atoms. The fraction of sp³-hybridized carbons (Fsp3) is 0.462. The van der Waals surface area contributed by atoms with Gasteiger partial charge in [-0.25, -0.2) is 5.06 Å². The Morgan fingerprint density at radius 1 is 1.29 bits per heavy atom. The van der Waals surface area contributed by atoms with Crippen molar-refractivity contribution in [1.82, 2.24) is 5.06 Å². The third-order valence-electron chi connectivity index (χ3n) is 2.24. The number of hydrogen-bond donors (Lipinski definition) is 0. The minimum Gasteiger partial charge on any atom is -0.493 e. The van der Waals surface area contributed by atoms with Crippen LogP contribution >= 0.6 is 0 Å². The zero-order chi connectivity index (χ0) is 12.8.